The summed E-state index contributed by atoms with van der Waals surface area (Å²) >= 11 is 0. The molecule has 1 rings (SSSR count). The first-order valence-electron chi connectivity index (χ1n) is 8.15. The molecule has 0 heterocycles. The monoisotopic (exact) mass is 338 g/mol. The molecule has 1 unspecified atom stereocenters. The summed E-state index contributed by atoms with van der Waals surface area (Å²) < 4.78 is 17.2. The predicted octanol–water partition coefficient (Wildman–Crippen LogP) is 4.54. The van der Waals surface area contributed by atoms with Gasteiger partial charge in [0, 0.05) is 5.56 Å². The SMILES string of the molecule is CCOC(=O)Cc1ccccc1OC(C)O[Si](C)(C)C(C)(C)C. The molecule has 0 spiro atoms. The minimum Gasteiger partial charge on any atom is -0.466 e. The highest BCUT2D eigenvalue weighted by molar-refractivity contribution is 6.74. The summed E-state index contributed by atoms with van der Waals surface area (Å²) in [6.07, 6.45) is -0.157. The molecule has 0 N–H and O–H groups in total. The lowest BCUT2D eigenvalue weighted by atomic mass is 10.1. The van der Waals surface area contributed by atoms with Crippen molar-refractivity contribution in [3.05, 3.63) is 29.8 Å². The topological polar surface area (TPSA) is 44.8 Å². The minimum absolute atomic E-state index is 0.120. The van der Waals surface area contributed by atoms with E-state index in [1.165, 1.54) is 0 Å². The maximum atomic E-state index is 11.7. The molecule has 0 bridgehead atoms. The summed E-state index contributed by atoms with van der Waals surface area (Å²) in [5.41, 5.74) is 0.816. The molecule has 4 nitrogen and oxygen atoms in total. The van der Waals surface area contributed by atoms with E-state index in [9.17, 15) is 4.79 Å². The van der Waals surface area contributed by atoms with Crippen molar-refractivity contribution in [2.45, 2.75) is 65.5 Å². The van der Waals surface area contributed by atoms with Crippen LogP contribution in [0.2, 0.25) is 18.1 Å². The molecule has 0 fully saturated rings. The maximum Gasteiger partial charge on any atom is 0.310 e. The van der Waals surface area contributed by atoms with Gasteiger partial charge in [-0.3, -0.25) is 4.79 Å². The number of rotatable bonds is 7. The van der Waals surface area contributed by atoms with Crippen LogP contribution in [-0.2, 0) is 20.4 Å². The van der Waals surface area contributed by atoms with Crippen molar-refractivity contribution in [2.75, 3.05) is 6.61 Å². The fraction of sp³-hybridized carbons (Fsp3) is 0.611. The largest absolute Gasteiger partial charge is 0.466 e. The third-order valence-corrected chi connectivity index (χ3v) is 8.71. The van der Waals surface area contributed by atoms with Gasteiger partial charge in [0.2, 0.25) is 0 Å². The van der Waals surface area contributed by atoms with Gasteiger partial charge in [-0.25, -0.2) is 0 Å². The van der Waals surface area contributed by atoms with Crippen LogP contribution >= 0.6 is 0 Å². The average molecular weight is 339 g/mol. The van der Waals surface area contributed by atoms with Gasteiger partial charge in [0.05, 0.1) is 13.0 Å². The number of benzene rings is 1. The Morgan fingerprint density at radius 1 is 1.22 bits per heavy atom. The Balaban J connectivity index is 2.79. The molecular weight excluding hydrogens is 308 g/mol. The summed E-state index contributed by atoms with van der Waals surface area (Å²) in [6.45, 7) is 15.1. The van der Waals surface area contributed by atoms with Crippen LogP contribution in [0.1, 0.15) is 40.2 Å². The Kier molecular flexibility index (Phi) is 6.83. The van der Waals surface area contributed by atoms with Crippen LogP contribution < -0.4 is 4.74 Å². The number of hydrogen-bond acceptors (Lipinski definition) is 4. The van der Waals surface area contributed by atoms with Gasteiger partial charge >= 0.3 is 5.97 Å². The van der Waals surface area contributed by atoms with E-state index in [-0.39, 0.29) is 23.7 Å². The second-order valence-corrected chi connectivity index (χ2v) is 11.9. The molecular formula is C18H30O4Si. The molecule has 0 saturated carbocycles. The van der Waals surface area contributed by atoms with E-state index in [2.05, 4.69) is 33.9 Å². The molecule has 0 amide bonds. The third-order valence-electron chi connectivity index (χ3n) is 4.17. The number of carbonyl (C=O) groups excluding carboxylic acids is 1. The van der Waals surface area contributed by atoms with E-state index >= 15 is 0 Å². The van der Waals surface area contributed by atoms with Gasteiger partial charge in [0.25, 0.3) is 0 Å². The first kappa shape index (κ1) is 19.7. The molecule has 1 aromatic carbocycles. The Hall–Kier alpha value is -1.33. The summed E-state index contributed by atoms with van der Waals surface area (Å²) in [6, 6.07) is 7.52. The molecule has 130 valence electrons. The molecule has 0 aliphatic carbocycles. The Morgan fingerprint density at radius 3 is 2.39 bits per heavy atom. The molecule has 0 aliphatic rings. The van der Waals surface area contributed by atoms with Crippen molar-refractivity contribution in [1.82, 2.24) is 0 Å². The molecule has 5 heteroatoms. The van der Waals surface area contributed by atoms with Crippen molar-refractivity contribution in [2.24, 2.45) is 0 Å². The fourth-order valence-electron chi connectivity index (χ4n) is 1.93. The minimum atomic E-state index is -1.90. The summed E-state index contributed by atoms with van der Waals surface area (Å²) in [5, 5.41) is 0.120. The van der Waals surface area contributed by atoms with E-state index in [0.717, 1.165) is 5.56 Å². The van der Waals surface area contributed by atoms with Crippen molar-refractivity contribution in [1.29, 1.82) is 0 Å². The molecule has 1 atom stereocenters. The number of ether oxygens (including phenoxy) is 2. The second-order valence-electron chi connectivity index (χ2n) is 7.15. The average Bonchev–Trinajstić information content (AvgIpc) is 2.39. The van der Waals surface area contributed by atoms with Crippen LogP contribution in [0.5, 0.6) is 5.75 Å². The van der Waals surface area contributed by atoms with Crippen LogP contribution in [0, 0.1) is 0 Å². The Morgan fingerprint density at radius 2 is 1.83 bits per heavy atom. The standard InChI is InChI=1S/C18H30O4Si/c1-8-20-17(19)13-15-11-9-10-12-16(15)21-14(2)22-23(6,7)18(3,4)5/h9-12,14H,8,13H2,1-7H3. The van der Waals surface area contributed by atoms with E-state index < -0.39 is 8.32 Å². The fourth-order valence-corrected chi connectivity index (χ4v) is 3.16. The zero-order valence-electron chi connectivity index (χ0n) is 15.4. The van der Waals surface area contributed by atoms with Crippen molar-refractivity contribution < 1.29 is 18.7 Å². The van der Waals surface area contributed by atoms with Crippen LogP contribution in [0.15, 0.2) is 24.3 Å². The van der Waals surface area contributed by atoms with Crippen LogP contribution in [0.4, 0.5) is 0 Å². The van der Waals surface area contributed by atoms with Gasteiger partial charge in [-0.05, 0) is 38.0 Å². The predicted molar refractivity (Wildman–Crippen MR) is 95.2 cm³/mol. The normalized spacial score (nSPS) is 13.5. The number of para-hydroxylation sites is 1. The van der Waals surface area contributed by atoms with E-state index in [1.807, 2.05) is 31.2 Å². The van der Waals surface area contributed by atoms with Crippen LogP contribution in [0.25, 0.3) is 0 Å². The van der Waals surface area contributed by atoms with Gasteiger partial charge < -0.3 is 13.9 Å². The first-order chi connectivity index (χ1) is 10.6. The zero-order chi connectivity index (χ0) is 17.7. The van der Waals surface area contributed by atoms with Crippen molar-refractivity contribution in [3.63, 3.8) is 0 Å². The molecule has 0 aromatic heterocycles. The maximum absolute atomic E-state index is 11.7. The Labute approximate surface area is 141 Å². The zero-order valence-corrected chi connectivity index (χ0v) is 16.4. The van der Waals surface area contributed by atoms with Gasteiger partial charge in [0.15, 0.2) is 14.6 Å². The lowest BCUT2D eigenvalue weighted by molar-refractivity contribution is -0.142. The third kappa shape index (κ3) is 5.99. The number of carbonyl (C=O) groups is 1. The molecule has 0 saturated heterocycles. The molecule has 1 aromatic rings. The lowest BCUT2D eigenvalue weighted by Crippen LogP contribution is -2.44. The summed E-state index contributed by atoms with van der Waals surface area (Å²) in [7, 11) is -1.90. The molecule has 0 radical (unpaired) electrons. The van der Waals surface area contributed by atoms with Crippen LogP contribution in [0.3, 0.4) is 0 Å². The first-order valence-corrected chi connectivity index (χ1v) is 11.1. The Bertz CT molecular complexity index is 520. The van der Waals surface area contributed by atoms with E-state index in [4.69, 9.17) is 13.9 Å². The van der Waals surface area contributed by atoms with Crippen molar-refractivity contribution in [3.8, 4) is 5.75 Å². The highest BCUT2D eigenvalue weighted by Crippen LogP contribution is 2.37. The van der Waals surface area contributed by atoms with Gasteiger partial charge in [-0.1, -0.05) is 39.0 Å². The summed E-state index contributed by atoms with van der Waals surface area (Å²) in [5.74, 6) is 0.424. The number of hydrogen-bond donors (Lipinski definition) is 0. The quantitative estimate of drug-likeness (QED) is 0.416. The van der Waals surface area contributed by atoms with E-state index in [1.54, 1.807) is 6.92 Å². The highest BCUT2D eigenvalue weighted by atomic mass is 28.4. The van der Waals surface area contributed by atoms with Gasteiger partial charge in [-0.2, -0.15) is 0 Å². The van der Waals surface area contributed by atoms with Gasteiger partial charge in [0.1, 0.15) is 5.75 Å². The van der Waals surface area contributed by atoms with Crippen molar-refractivity contribution >= 4 is 14.3 Å². The molecule has 0 aliphatic heterocycles. The second kappa shape index (κ2) is 7.97. The number of esters is 1. The van der Waals surface area contributed by atoms with Gasteiger partial charge in [-0.15, -0.1) is 0 Å². The van der Waals surface area contributed by atoms with Crippen LogP contribution in [-0.4, -0.2) is 27.2 Å². The summed E-state index contributed by atoms with van der Waals surface area (Å²) in [4.78, 5) is 11.7. The highest BCUT2D eigenvalue weighted by Gasteiger charge is 2.39. The lowest BCUT2D eigenvalue weighted by Gasteiger charge is -2.38. The van der Waals surface area contributed by atoms with E-state index in [0.29, 0.717) is 12.4 Å². The molecule has 23 heavy (non-hydrogen) atoms. The smallest absolute Gasteiger partial charge is 0.310 e.